The summed E-state index contributed by atoms with van der Waals surface area (Å²) in [6, 6.07) is 8.45. The van der Waals surface area contributed by atoms with E-state index in [9.17, 15) is 9.59 Å². The van der Waals surface area contributed by atoms with Gasteiger partial charge in [-0.3, -0.25) is 9.59 Å². The van der Waals surface area contributed by atoms with Crippen LogP contribution in [0.4, 0.5) is 0 Å². The fourth-order valence-corrected chi connectivity index (χ4v) is 1.94. The van der Waals surface area contributed by atoms with E-state index in [1.54, 1.807) is 35.9 Å². The third-order valence-electron chi connectivity index (χ3n) is 2.97. The number of hydrogen-bond acceptors (Lipinski definition) is 3. The molecule has 2 rings (SSSR count). The summed E-state index contributed by atoms with van der Waals surface area (Å²) in [7, 11) is 0. The maximum atomic E-state index is 12.0. The number of amides is 1. The predicted octanol–water partition coefficient (Wildman–Crippen LogP) is 1.77. The number of aryl methyl sites for hydroxylation is 1. The number of nitrogens with one attached hydrogen (secondary N) is 1. The van der Waals surface area contributed by atoms with E-state index in [4.69, 9.17) is 5.11 Å². The Morgan fingerprint density at radius 1 is 1.29 bits per heavy atom. The monoisotopic (exact) mass is 287 g/mol. The molecule has 1 atom stereocenters. The van der Waals surface area contributed by atoms with Gasteiger partial charge in [-0.05, 0) is 44.2 Å². The van der Waals surface area contributed by atoms with Gasteiger partial charge in [-0.15, -0.1) is 0 Å². The average molecular weight is 287 g/mol. The Morgan fingerprint density at radius 3 is 2.48 bits per heavy atom. The lowest BCUT2D eigenvalue weighted by atomic mass is 10.1. The Hall–Kier alpha value is -2.63. The maximum Gasteiger partial charge on any atom is 0.305 e. The largest absolute Gasteiger partial charge is 0.481 e. The molecule has 0 aliphatic carbocycles. The zero-order valence-corrected chi connectivity index (χ0v) is 11.9. The lowest BCUT2D eigenvalue weighted by molar-refractivity contribution is -0.137. The predicted molar refractivity (Wildman–Crippen MR) is 77.5 cm³/mol. The normalized spacial score (nSPS) is 11.9. The molecule has 0 spiro atoms. The van der Waals surface area contributed by atoms with E-state index in [0.29, 0.717) is 5.56 Å². The molecule has 0 radical (unpaired) electrons. The molecule has 1 amide bonds. The number of aliphatic carboxylic acids is 1. The number of carboxylic acid groups (broad SMARTS) is 1. The minimum Gasteiger partial charge on any atom is -0.481 e. The maximum absolute atomic E-state index is 12.0. The number of carboxylic acids is 1. The molecule has 0 saturated carbocycles. The van der Waals surface area contributed by atoms with Gasteiger partial charge in [0.05, 0.1) is 17.8 Å². The van der Waals surface area contributed by atoms with E-state index >= 15 is 0 Å². The molecule has 1 aromatic carbocycles. The summed E-state index contributed by atoms with van der Waals surface area (Å²) >= 11 is 0. The SMILES string of the molecule is Cc1ccn(-c2ccc(C(=O)NC(C)CC(=O)O)cc2)n1. The number of carbonyl (C=O) groups excluding carboxylic acids is 1. The fourth-order valence-electron chi connectivity index (χ4n) is 1.94. The Morgan fingerprint density at radius 2 is 1.95 bits per heavy atom. The second-order valence-corrected chi connectivity index (χ2v) is 4.92. The molecule has 6 heteroatoms. The highest BCUT2D eigenvalue weighted by molar-refractivity contribution is 5.94. The van der Waals surface area contributed by atoms with Crippen molar-refractivity contribution in [3.63, 3.8) is 0 Å². The first-order chi connectivity index (χ1) is 9.95. The van der Waals surface area contributed by atoms with Crippen molar-refractivity contribution in [1.29, 1.82) is 0 Å². The summed E-state index contributed by atoms with van der Waals surface area (Å²) in [5, 5.41) is 15.6. The minimum atomic E-state index is -0.938. The molecular weight excluding hydrogens is 270 g/mol. The van der Waals surface area contributed by atoms with Gasteiger partial charge in [0.15, 0.2) is 0 Å². The fraction of sp³-hybridized carbons (Fsp3) is 0.267. The van der Waals surface area contributed by atoms with E-state index < -0.39 is 12.0 Å². The third kappa shape index (κ3) is 3.92. The number of aromatic nitrogens is 2. The van der Waals surface area contributed by atoms with Crippen LogP contribution in [0.2, 0.25) is 0 Å². The van der Waals surface area contributed by atoms with Crippen LogP contribution in [0.15, 0.2) is 36.5 Å². The summed E-state index contributed by atoms with van der Waals surface area (Å²) in [6.45, 7) is 3.56. The highest BCUT2D eigenvalue weighted by Crippen LogP contribution is 2.10. The van der Waals surface area contributed by atoms with Crippen LogP contribution in [0.25, 0.3) is 5.69 Å². The number of nitrogens with zero attached hydrogens (tertiary/aromatic N) is 2. The Bertz CT molecular complexity index is 646. The zero-order valence-electron chi connectivity index (χ0n) is 11.9. The minimum absolute atomic E-state index is 0.101. The lowest BCUT2D eigenvalue weighted by Gasteiger charge is -2.11. The molecule has 2 aromatic rings. The second kappa shape index (κ2) is 6.21. The first-order valence-electron chi connectivity index (χ1n) is 6.61. The first-order valence-corrected chi connectivity index (χ1v) is 6.61. The molecule has 6 nitrogen and oxygen atoms in total. The van der Waals surface area contributed by atoms with Crippen molar-refractivity contribution in [3.8, 4) is 5.69 Å². The summed E-state index contributed by atoms with van der Waals surface area (Å²) < 4.78 is 1.73. The standard InChI is InChI=1S/C15H17N3O3/c1-10-7-8-18(17-10)13-5-3-12(4-6-13)15(21)16-11(2)9-14(19)20/h3-8,11H,9H2,1-2H3,(H,16,21)(H,19,20). The summed E-state index contributed by atoms with van der Waals surface area (Å²) in [6.07, 6.45) is 1.75. The highest BCUT2D eigenvalue weighted by atomic mass is 16.4. The molecule has 1 aromatic heterocycles. The molecule has 21 heavy (non-hydrogen) atoms. The Labute approximate surface area is 122 Å². The quantitative estimate of drug-likeness (QED) is 0.877. The van der Waals surface area contributed by atoms with Gasteiger partial charge in [0.2, 0.25) is 0 Å². The summed E-state index contributed by atoms with van der Waals surface area (Å²) in [5.41, 5.74) is 2.26. The van der Waals surface area contributed by atoms with E-state index in [1.165, 1.54) is 0 Å². The summed E-state index contributed by atoms with van der Waals surface area (Å²) in [4.78, 5) is 22.5. The molecule has 1 heterocycles. The molecule has 0 fully saturated rings. The van der Waals surface area contributed by atoms with Crippen LogP contribution in [0.1, 0.15) is 29.4 Å². The van der Waals surface area contributed by atoms with E-state index in [0.717, 1.165) is 11.4 Å². The second-order valence-electron chi connectivity index (χ2n) is 4.92. The third-order valence-corrected chi connectivity index (χ3v) is 2.97. The molecule has 2 N–H and O–H groups in total. The number of benzene rings is 1. The molecule has 0 bridgehead atoms. The van der Waals surface area contributed by atoms with Crippen molar-refractivity contribution >= 4 is 11.9 Å². The summed E-state index contributed by atoms with van der Waals surface area (Å²) in [5.74, 6) is -1.22. The molecule has 0 aliphatic rings. The van der Waals surface area contributed by atoms with Gasteiger partial charge in [-0.25, -0.2) is 4.68 Å². The molecule has 0 saturated heterocycles. The molecule has 0 aliphatic heterocycles. The lowest BCUT2D eigenvalue weighted by Crippen LogP contribution is -2.34. The number of rotatable bonds is 5. The van der Waals surface area contributed by atoms with Crippen LogP contribution in [0.5, 0.6) is 0 Å². The van der Waals surface area contributed by atoms with Crippen LogP contribution < -0.4 is 5.32 Å². The van der Waals surface area contributed by atoms with Crippen LogP contribution in [0.3, 0.4) is 0 Å². The highest BCUT2D eigenvalue weighted by Gasteiger charge is 2.12. The van der Waals surface area contributed by atoms with Crippen molar-refractivity contribution < 1.29 is 14.7 Å². The Kier molecular flexibility index (Phi) is 4.37. The molecule has 110 valence electrons. The van der Waals surface area contributed by atoms with E-state index in [1.807, 2.05) is 19.2 Å². The first kappa shape index (κ1) is 14.8. The van der Waals surface area contributed by atoms with Crippen LogP contribution in [0, 0.1) is 6.92 Å². The van der Waals surface area contributed by atoms with Gasteiger partial charge in [0.25, 0.3) is 5.91 Å². The smallest absolute Gasteiger partial charge is 0.305 e. The molecular formula is C15H17N3O3. The van der Waals surface area contributed by atoms with E-state index in [2.05, 4.69) is 10.4 Å². The van der Waals surface area contributed by atoms with Crippen LogP contribution in [-0.2, 0) is 4.79 Å². The van der Waals surface area contributed by atoms with Crippen molar-refractivity contribution in [1.82, 2.24) is 15.1 Å². The van der Waals surface area contributed by atoms with Gasteiger partial charge in [0.1, 0.15) is 0 Å². The van der Waals surface area contributed by atoms with Crippen molar-refractivity contribution in [2.75, 3.05) is 0 Å². The van der Waals surface area contributed by atoms with Gasteiger partial charge < -0.3 is 10.4 Å². The molecule has 1 unspecified atom stereocenters. The van der Waals surface area contributed by atoms with Crippen LogP contribution >= 0.6 is 0 Å². The Balaban J connectivity index is 2.05. The van der Waals surface area contributed by atoms with Crippen LogP contribution in [-0.4, -0.2) is 32.8 Å². The zero-order chi connectivity index (χ0) is 15.4. The van der Waals surface area contributed by atoms with Gasteiger partial charge in [0, 0.05) is 17.8 Å². The number of carbonyl (C=O) groups is 2. The van der Waals surface area contributed by atoms with Gasteiger partial charge in [-0.1, -0.05) is 0 Å². The van der Waals surface area contributed by atoms with Gasteiger partial charge in [-0.2, -0.15) is 5.10 Å². The topological polar surface area (TPSA) is 84.2 Å². The van der Waals surface area contributed by atoms with Crippen molar-refractivity contribution in [3.05, 3.63) is 47.8 Å². The van der Waals surface area contributed by atoms with Crippen molar-refractivity contribution in [2.24, 2.45) is 0 Å². The van der Waals surface area contributed by atoms with Gasteiger partial charge >= 0.3 is 5.97 Å². The average Bonchev–Trinajstić information content (AvgIpc) is 2.84. The van der Waals surface area contributed by atoms with E-state index in [-0.39, 0.29) is 12.3 Å². The number of hydrogen-bond donors (Lipinski definition) is 2. The van der Waals surface area contributed by atoms with Crippen molar-refractivity contribution in [2.45, 2.75) is 26.3 Å².